The van der Waals surface area contributed by atoms with E-state index in [-0.39, 0.29) is 0 Å². The van der Waals surface area contributed by atoms with Gasteiger partial charge in [0.05, 0.1) is 7.11 Å². The van der Waals surface area contributed by atoms with Crippen molar-refractivity contribution in [2.45, 2.75) is 33.0 Å². The quantitative estimate of drug-likeness (QED) is 0.833. The van der Waals surface area contributed by atoms with Gasteiger partial charge in [0.15, 0.2) is 17.3 Å². The van der Waals surface area contributed by atoms with Crippen LogP contribution in [0.5, 0.6) is 11.5 Å². The molecule has 6 nitrogen and oxygen atoms in total. The molecule has 0 saturated carbocycles. The summed E-state index contributed by atoms with van der Waals surface area (Å²) in [6.45, 7) is 3.77. The van der Waals surface area contributed by atoms with Crippen LogP contribution in [0.1, 0.15) is 24.7 Å². The number of nitrogens with zero attached hydrogens (tertiary/aromatic N) is 3. The standard InChI is InChI=1S/C14H20N4O2/c1-3-6-18-14(16-10-17-18)9-20-12-5-4-11(8-15)7-13(12)19-2/h4-5,7,10H,3,6,8-9,15H2,1-2H3. The highest BCUT2D eigenvalue weighted by molar-refractivity contribution is 5.42. The summed E-state index contributed by atoms with van der Waals surface area (Å²) in [5, 5.41) is 4.17. The molecule has 6 heteroatoms. The Morgan fingerprint density at radius 2 is 2.15 bits per heavy atom. The molecule has 0 amide bonds. The number of aromatic nitrogens is 3. The van der Waals surface area contributed by atoms with Crippen molar-refractivity contribution in [2.75, 3.05) is 7.11 Å². The van der Waals surface area contributed by atoms with Gasteiger partial charge in [-0.3, -0.25) is 0 Å². The second kappa shape index (κ2) is 6.91. The van der Waals surface area contributed by atoms with Crippen molar-refractivity contribution >= 4 is 0 Å². The van der Waals surface area contributed by atoms with Crippen LogP contribution in [0.25, 0.3) is 0 Å². The SMILES string of the molecule is CCCn1ncnc1COc1ccc(CN)cc1OC. The van der Waals surface area contributed by atoms with E-state index < -0.39 is 0 Å². The summed E-state index contributed by atoms with van der Waals surface area (Å²) >= 11 is 0. The van der Waals surface area contributed by atoms with Crippen molar-refractivity contribution in [3.8, 4) is 11.5 Å². The van der Waals surface area contributed by atoms with Crippen LogP contribution in [0.2, 0.25) is 0 Å². The van der Waals surface area contributed by atoms with Gasteiger partial charge >= 0.3 is 0 Å². The Bertz CT molecular complexity index is 554. The Kier molecular flexibility index (Phi) is 4.95. The normalized spacial score (nSPS) is 10.6. The minimum Gasteiger partial charge on any atom is -0.493 e. The fourth-order valence-corrected chi connectivity index (χ4v) is 1.90. The highest BCUT2D eigenvalue weighted by atomic mass is 16.5. The summed E-state index contributed by atoms with van der Waals surface area (Å²) in [6, 6.07) is 5.67. The molecule has 1 aromatic heterocycles. The Hall–Kier alpha value is -2.08. The molecule has 2 N–H and O–H groups in total. The first-order valence-corrected chi connectivity index (χ1v) is 6.65. The Balaban J connectivity index is 2.08. The summed E-state index contributed by atoms with van der Waals surface area (Å²) in [4.78, 5) is 4.21. The molecule has 20 heavy (non-hydrogen) atoms. The van der Waals surface area contributed by atoms with Gasteiger partial charge in [-0.15, -0.1) is 0 Å². The van der Waals surface area contributed by atoms with Crippen molar-refractivity contribution in [3.63, 3.8) is 0 Å². The first-order valence-electron chi connectivity index (χ1n) is 6.65. The van der Waals surface area contributed by atoms with E-state index in [1.165, 1.54) is 0 Å². The van der Waals surface area contributed by atoms with E-state index in [4.69, 9.17) is 15.2 Å². The Morgan fingerprint density at radius 3 is 2.85 bits per heavy atom. The number of methoxy groups -OCH3 is 1. The lowest BCUT2D eigenvalue weighted by Gasteiger charge is -2.12. The fraction of sp³-hybridized carbons (Fsp3) is 0.429. The van der Waals surface area contributed by atoms with Gasteiger partial charge in [-0.05, 0) is 24.1 Å². The first-order chi connectivity index (χ1) is 9.78. The van der Waals surface area contributed by atoms with Crippen molar-refractivity contribution in [3.05, 3.63) is 35.9 Å². The highest BCUT2D eigenvalue weighted by Gasteiger charge is 2.08. The van der Waals surface area contributed by atoms with E-state index in [9.17, 15) is 0 Å². The summed E-state index contributed by atoms with van der Waals surface area (Å²) in [6.07, 6.45) is 2.55. The van der Waals surface area contributed by atoms with E-state index in [0.717, 1.165) is 24.4 Å². The summed E-state index contributed by atoms with van der Waals surface area (Å²) < 4.78 is 12.9. The second-order valence-corrected chi connectivity index (χ2v) is 4.38. The molecular formula is C14H20N4O2. The van der Waals surface area contributed by atoms with E-state index in [2.05, 4.69) is 17.0 Å². The molecule has 0 aliphatic heterocycles. The minimum atomic E-state index is 0.359. The van der Waals surface area contributed by atoms with Crippen LogP contribution < -0.4 is 15.2 Å². The Morgan fingerprint density at radius 1 is 1.30 bits per heavy atom. The lowest BCUT2D eigenvalue weighted by Crippen LogP contribution is -2.09. The molecule has 1 aromatic carbocycles. The molecule has 0 saturated heterocycles. The largest absolute Gasteiger partial charge is 0.493 e. The molecule has 0 radical (unpaired) electrons. The van der Waals surface area contributed by atoms with Crippen LogP contribution in [0.4, 0.5) is 0 Å². The molecule has 0 atom stereocenters. The molecule has 2 aromatic rings. The van der Waals surface area contributed by atoms with Gasteiger partial charge in [-0.2, -0.15) is 5.10 Å². The maximum absolute atomic E-state index is 5.77. The fourth-order valence-electron chi connectivity index (χ4n) is 1.90. The lowest BCUT2D eigenvalue weighted by molar-refractivity contribution is 0.269. The third-order valence-corrected chi connectivity index (χ3v) is 2.95. The van der Waals surface area contributed by atoms with Crippen molar-refractivity contribution in [1.82, 2.24) is 14.8 Å². The number of rotatable bonds is 7. The number of nitrogens with two attached hydrogens (primary N) is 1. The summed E-state index contributed by atoms with van der Waals surface area (Å²) in [5.74, 6) is 2.15. The maximum atomic E-state index is 5.77. The number of ether oxygens (including phenoxy) is 2. The smallest absolute Gasteiger partial charge is 0.164 e. The molecular weight excluding hydrogens is 256 g/mol. The molecule has 0 unspecified atom stereocenters. The molecule has 108 valence electrons. The zero-order chi connectivity index (χ0) is 14.4. The summed E-state index contributed by atoms with van der Waals surface area (Å²) in [5.41, 5.74) is 6.61. The zero-order valence-electron chi connectivity index (χ0n) is 11.9. The van der Waals surface area contributed by atoms with Crippen LogP contribution in [0.3, 0.4) is 0 Å². The molecule has 0 fully saturated rings. The molecule has 0 aliphatic carbocycles. The zero-order valence-corrected chi connectivity index (χ0v) is 11.9. The number of aryl methyl sites for hydroxylation is 1. The van der Waals surface area contributed by atoms with Gasteiger partial charge in [0, 0.05) is 13.1 Å². The van der Waals surface area contributed by atoms with E-state index in [1.807, 2.05) is 22.9 Å². The molecule has 2 rings (SSSR count). The predicted octanol–water partition coefficient (Wildman–Crippen LogP) is 1.73. The van der Waals surface area contributed by atoms with Crippen LogP contribution in [0.15, 0.2) is 24.5 Å². The van der Waals surface area contributed by atoms with Gasteiger partial charge in [0.2, 0.25) is 0 Å². The van der Waals surface area contributed by atoms with Crippen LogP contribution in [-0.2, 0) is 19.7 Å². The third-order valence-electron chi connectivity index (χ3n) is 2.95. The Labute approximate surface area is 118 Å². The molecule has 0 spiro atoms. The average Bonchev–Trinajstić information content (AvgIpc) is 2.92. The molecule has 0 aliphatic rings. The van der Waals surface area contributed by atoms with Gasteiger partial charge in [0.1, 0.15) is 12.9 Å². The van der Waals surface area contributed by atoms with Crippen molar-refractivity contribution < 1.29 is 9.47 Å². The summed E-state index contributed by atoms with van der Waals surface area (Å²) in [7, 11) is 1.61. The monoisotopic (exact) mass is 276 g/mol. The topological polar surface area (TPSA) is 75.2 Å². The van der Waals surface area contributed by atoms with Crippen molar-refractivity contribution in [1.29, 1.82) is 0 Å². The van der Waals surface area contributed by atoms with Crippen LogP contribution in [0, 0.1) is 0 Å². The predicted molar refractivity (Wildman–Crippen MR) is 75.5 cm³/mol. The maximum Gasteiger partial charge on any atom is 0.164 e. The van der Waals surface area contributed by atoms with Gasteiger partial charge < -0.3 is 15.2 Å². The third kappa shape index (κ3) is 3.27. The van der Waals surface area contributed by atoms with Gasteiger partial charge in [-0.25, -0.2) is 9.67 Å². The van der Waals surface area contributed by atoms with Gasteiger partial charge in [-0.1, -0.05) is 13.0 Å². The first kappa shape index (κ1) is 14.3. The second-order valence-electron chi connectivity index (χ2n) is 4.38. The number of hydrogen-bond donors (Lipinski definition) is 1. The van der Waals surface area contributed by atoms with E-state index in [1.54, 1.807) is 13.4 Å². The highest BCUT2D eigenvalue weighted by Crippen LogP contribution is 2.28. The number of benzene rings is 1. The average molecular weight is 276 g/mol. The number of hydrogen-bond acceptors (Lipinski definition) is 5. The van der Waals surface area contributed by atoms with Gasteiger partial charge in [0.25, 0.3) is 0 Å². The van der Waals surface area contributed by atoms with E-state index >= 15 is 0 Å². The minimum absolute atomic E-state index is 0.359. The van der Waals surface area contributed by atoms with E-state index in [0.29, 0.717) is 24.7 Å². The van der Waals surface area contributed by atoms with Crippen molar-refractivity contribution in [2.24, 2.45) is 5.73 Å². The molecule has 0 bridgehead atoms. The van der Waals surface area contributed by atoms with Crippen LogP contribution >= 0.6 is 0 Å². The lowest BCUT2D eigenvalue weighted by atomic mass is 10.2. The molecule has 1 heterocycles. The van der Waals surface area contributed by atoms with Crippen LogP contribution in [-0.4, -0.2) is 21.9 Å².